The highest BCUT2D eigenvalue weighted by Crippen LogP contribution is 2.18. The van der Waals surface area contributed by atoms with Crippen LogP contribution in [-0.4, -0.2) is 53.7 Å². The van der Waals surface area contributed by atoms with E-state index in [0.29, 0.717) is 25.6 Å². The van der Waals surface area contributed by atoms with Gasteiger partial charge in [-0.3, -0.25) is 0 Å². The van der Waals surface area contributed by atoms with Crippen molar-refractivity contribution in [1.29, 1.82) is 0 Å². The summed E-state index contributed by atoms with van der Waals surface area (Å²) >= 11 is 0. The third-order valence-corrected chi connectivity index (χ3v) is 3.44. The molecule has 1 aliphatic carbocycles. The summed E-state index contributed by atoms with van der Waals surface area (Å²) in [6.07, 6.45) is 4.74. The molecule has 1 aliphatic heterocycles. The Bertz CT molecular complexity index is 318. The van der Waals surface area contributed by atoms with Gasteiger partial charge in [0, 0.05) is 19.1 Å². The summed E-state index contributed by atoms with van der Waals surface area (Å²) in [6, 6.07) is -0.198. The van der Waals surface area contributed by atoms with Crippen molar-refractivity contribution in [2.45, 2.75) is 44.2 Å². The average molecular weight is 255 g/mol. The van der Waals surface area contributed by atoms with E-state index in [9.17, 15) is 9.59 Å². The second-order valence-corrected chi connectivity index (χ2v) is 5.00. The molecule has 2 aliphatic rings. The number of nitrogens with zero attached hydrogens (tertiary/aromatic N) is 1. The molecular formula is C12H21N3O3. The van der Waals surface area contributed by atoms with Crippen molar-refractivity contribution in [3.63, 3.8) is 0 Å². The molecule has 0 aromatic heterocycles. The second-order valence-electron chi connectivity index (χ2n) is 5.00. The quantitative estimate of drug-likeness (QED) is 0.600. The molecule has 3 N–H and O–H groups in total. The molecule has 1 atom stereocenters. The predicted octanol–water partition coefficient (Wildman–Crippen LogP) is 0.387. The van der Waals surface area contributed by atoms with E-state index in [1.165, 1.54) is 17.7 Å². The minimum Gasteiger partial charge on any atom is -0.480 e. The van der Waals surface area contributed by atoms with E-state index in [0.717, 1.165) is 19.4 Å². The van der Waals surface area contributed by atoms with Gasteiger partial charge in [0.2, 0.25) is 0 Å². The Labute approximate surface area is 107 Å². The van der Waals surface area contributed by atoms with Crippen LogP contribution in [0.5, 0.6) is 0 Å². The highest BCUT2D eigenvalue weighted by molar-refractivity contribution is 5.83. The van der Waals surface area contributed by atoms with Crippen LogP contribution >= 0.6 is 0 Å². The number of urea groups is 1. The Balaban J connectivity index is 1.62. The molecule has 1 unspecified atom stereocenters. The number of carbonyl (C=O) groups is 2. The van der Waals surface area contributed by atoms with Gasteiger partial charge in [-0.15, -0.1) is 0 Å². The van der Waals surface area contributed by atoms with Gasteiger partial charge in [-0.1, -0.05) is 0 Å². The van der Waals surface area contributed by atoms with Crippen LogP contribution in [0.15, 0.2) is 0 Å². The monoisotopic (exact) mass is 255 g/mol. The zero-order valence-electron chi connectivity index (χ0n) is 10.5. The van der Waals surface area contributed by atoms with Gasteiger partial charge < -0.3 is 20.6 Å². The Kier molecular flexibility index (Phi) is 4.41. The molecule has 0 aromatic carbocycles. The minimum absolute atomic E-state index is 0.244. The normalized spacial score (nSPS) is 23.1. The van der Waals surface area contributed by atoms with Crippen molar-refractivity contribution in [1.82, 2.24) is 15.5 Å². The number of amides is 2. The molecule has 18 heavy (non-hydrogen) atoms. The molecule has 0 spiro atoms. The molecule has 2 amide bonds. The number of carbonyl (C=O) groups excluding carboxylic acids is 1. The molecule has 2 rings (SSSR count). The van der Waals surface area contributed by atoms with E-state index < -0.39 is 12.0 Å². The van der Waals surface area contributed by atoms with Crippen LogP contribution in [0.4, 0.5) is 4.79 Å². The van der Waals surface area contributed by atoms with Crippen LogP contribution in [0.2, 0.25) is 0 Å². The van der Waals surface area contributed by atoms with E-state index in [-0.39, 0.29) is 6.03 Å². The maximum Gasteiger partial charge on any atom is 0.326 e. The first kappa shape index (κ1) is 13.1. The van der Waals surface area contributed by atoms with Gasteiger partial charge in [0.25, 0.3) is 0 Å². The number of nitrogens with one attached hydrogen (secondary N) is 2. The number of rotatable bonds is 6. The van der Waals surface area contributed by atoms with E-state index in [1.54, 1.807) is 0 Å². The summed E-state index contributed by atoms with van der Waals surface area (Å²) < 4.78 is 0. The van der Waals surface area contributed by atoms with Crippen molar-refractivity contribution in [3.8, 4) is 0 Å². The molecule has 1 saturated carbocycles. The summed E-state index contributed by atoms with van der Waals surface area (Å²) in [5.41, 5.74) is 0. The molecule has 6 nitrogen and oxygen atoms in total. The Morgan fingerprint density at radius 1 is 1.22 bits per heavy atom. The van der Waals surface area contributed by atoms with E-state index in [2.05, 4.69) is 10.6 Å². The van der Waals surface area contributed by atoms with E-state index >= 15 is 0 Å². The highest BCUT2D eigenvalue weighted by Gasteiger charge is 2.33. The van der Waals surface area contributed by atoms with Crippen molar-refractivity contribution in [3.05, 3.63) is 0 Å². The van der Waals surface area contributed by atoms with Crippen LogP contribution in [-0.2, 0) is 4.79 Å². The standard InChI is InChI=1S/C12H21N3O3/c16-11(17)10-3-1-8-15(10)12(18)14-7-2-6-13-9-4-5-9/h9-10,13H,1-8H2,(H,14,18)(H,16,17). The lowest BCUT2D eigenvalue weighted by Crippen LogP contribution is -2.46. The smallest absolute Gasteiger partial charge is 0.326 e. The van der Waals surface area contributed by atoms with E-state index in [1.807, 2.05) is 0 Å². The number of likely N-dealkylation sites (tertiary alicyclic amines) is 1. The fourth-order valence-electron chi connectivity index (χ4n) is 2.25. The zero-order chi connectivity index (χ0) is 13.0. The van der Waals surface area contributed by atoms with Crippen molar-refractivity contribution >= 4 is 12.0 Å². The molecule has 1 saturated heterocycles. The fourth-order valence-corrected chi connectivity index (χ4v) is 2.25. The summed E-state index contributed by atoms with van der Waals surface area (Å²) in [4.78, 5) is 24.2. The Morgan fingerprint density at radius 2 is 2.00 bits per heavy atom. The number of hydrogen-bond donors (Lipinski definition) is 3. The summed E-state index contributed by atoms with van der Waals surface area (Å²) in [5.74, 6) is -0.905. The van der Waals surface area contributed by atoms with Crippen molar-refractivity contribution in [2.24, 2.45) is 0 Å². The van der Waals surface area contributed by atoms with Crippen LogP contribution in [0.25, 0.3) is 0 Å². The molecule has 2 fully saturated rings. The van der Waals surface area contributed by atoms with Crippen LogP contribution in [0.1, 0.15) is 32.1 Å². The number of carboxylic acid groups (broad SMARTS) is 1. The number of hydrogen-bond acceptors (Lipinski definition) is 3. The lowest BCUT2D eigenvalue weighted by molar-refractivity contribution is -0.141. The SMILES string of the molecule is O=C(O)C1CCCN1C(=O)NCCCNC1CC1. The van der Waals surface area contributed by atoms with Gasteiger partial charge >= 0.3 is 12.0 Å². The number of aliphatic carboxylic acids is 1. The zero-order valence-corrected chi connectivity index (χ0v) is 10.5. The van der Waals surface area contributed by atoms with Crippen LogP contribution in [0.3, 0.4) is 0 Å². The molecular weight excluding hydrogens is 234 g/mol. The first-order chi connectivity index (χ1) is 8.68. The molecule has 0 radical (unpaired) electrons. The van der Waals surface area contributed by atoms with Gasteiger partial charge in [-0.25, -0.2) is 9.59 Å². The topological polar surface area (TPSA) is 81.7 Å². The highest BCUT2D eigenvalue weighted by atomic mass is 16.4. The second kappa shape index (κ2) is 6.04. The van der Waals surface area contributed by atoms with E-state index in [4.69, 9.17) is 5.11 Å². The fraction of sp³-hybridized carbons (Fsp3) is 0.833. The molecule has 0 bridgehead atoms. The van der Waals surface area contributed by atoms with Gasteiger partial charge in [-0.05, 0) is 38.6 Å². The molecule has 6 heteroatoms. The third kappa shape index (κ3) is 3.60. The van der Waals surface area contributed by atoms with Crippen molar-refractivity contribution < 1.29 is 14.7 Å². The summed E-state index contributed by atoms with van der Waals surface area (Å²) in [7, 11) is 0. The summed E-state index contributed by atoms with van der Waals surface area (Å²) in [6.45, 7) is 2.05. The Morgan fingerprint density at radius 3 is 2.67 bits per heavy atom. The lowest BCUT2D eigenvalue weighted by atomic mass is 10.2. The minimum atomic E-state index is -0.905. The average Bonchev–Trinajstić information content (AvgIpc) is 3.02. The molecule has 1 heterocycles. The first-order valence-electron chi connectivity index (χ1n) is 6.69. The van der Waals surface area contributed by atoms with Crippen LogP contribution < -0.4 is 10.6 Å². The summed E-state index contributed by atoms with van der Waals surface area (Å²) in [5, 5.41) is 15.1. The molecule has 102 valence electrons. The maximum absolute atomic E-state index is 11.8. The number of carboxylic acids is 1. The lowest BCUT2D eigenvalue weighted by Gasteiger charge is -2.21. The Hall–Kier alpha value is -1.30. The molecule has 0 aromatic rings. The third-order valence-electron chi connectivity index (χ3n) is 3.44. The largest absolute Gasteiger partial charge is 0.480 e. The van der Waals surface area contributed by atoms with Gasteiger partial charge in [0.05, 0.1) is 0 Å². The van der Waals surface area contributed by atoms with Gasteiger partial charge in [0.1, 0.15) is 6.04 Å². The maximum atomic E-state index is 11.8. The first-order valence-corrected chi connectivity index (χ1v) is 6.69. The van der Waals surface area contributed by atoms with Gasteiger partial charge in [0.15, 0.2) is 0 Å². The van der Waals surface area contributed by atoms with Gasteiger partial charge in [-0.2, -0.15) is 0 Å². The van der Waals surface area contributed by atoms with Crippen LogP contribution in [0, 0.1) is 0 Å². The van der Waals surface area contributed by atoms with Crippen molar-refractivity contribution in [2.75, 3.05) is 19.6 Å². The predicted molar refractivity (Wildman–Crippen MR) is 66.4 cm³/mol.